The first kappa shape index (κ1) is 11.8. The Balaban J connectivity index is 2.59. The van der Waals surface area contributed by atoms with E-state index in [9.17, 15) is 0 Å². The molecule has 2 heterocycles. The molecule has 0 aliphatic heterocycles. The number of hydrogen-bond acceptors (Lipinski definition) is 5. The highest BCUT2D eigenvalue weighted by molar-refractivity contribution is 6.28. The molecule has 0 aliphatic carbocycles. The van der Waals surface area contributed by atoms with Gasteiger partial charge in [-0.2, -0.15) is 20.1 Å². The highest BCUT2D eigenvalue weighted by Crippen LogP contribution is 2.16. The maximum Gasteiger partial charge on any atom is 0.322 e. The number of halogens is 1. The monoisotopic (exact) mass is 253 g/mol. The summed E-state index contributed by atoms with van der Waals surface area (Å²) in [6.45, 7) is 5.87. The fourth-order valence-electron chi connectivity index (χ4n) is 1.42. The topological polar surface area (TPSA) is 65.7 Å². The highest BCUT2D eigenvalue weighted by Gasteiger charge is 2.13. The minimum absolute atomic E-state index is 0.0806. The van der Waals surface area contributed by atoms with Crippen molar-refractivity contribution in [2.24, 2.45) is 0 Å². The molecule has 0 bridgehead atoms. The van der Waals surface area contributed by atoms with Crippen molar-refractivity contribution in [3.63, 3.8) is 0 Å². The second kappa shape index (κ2) is 4.29. The molecule has 0 saturated heterocycles. The van der Waals surface area contributed by atoms with E-state index in [-0.39, 0.29) is 11.3 Å². The van der Waals surface area contributed by atoms with Gasteiger partial charge in [0.25, 0.3) is 5.95 Å². The van der Waals surface area contributed by atoms with E-state index in [0.717, 1.165) is 17.0 Å². The quantitative estimate of drug-likeness (QED) is 0.814. The van der Waals surface area contributed by atoms with Gasteiger partial charge in [0.05, 0.1) is 12.8 Å². The maximum atomic E-state index is 5.79. The average molecular weight is 254 g/mol. The lowest BCUT2D eigenvalue weighted by Crippen LogP contribution is -2.07. The molecule has 0 unspecified atom stereocenters. The van der Waals surface area contributed by atoms with E-state index in [1.165, 1.54) is 7.11 Å². The zero-order chi connectivity index (χ0) is 12.6. The van der Waals surface area contributed by atoms with Crippen molar-refractivity contribution in [1.82, 2.24) is 24.7 Å². The van der Waals surface area contributed by atoms with Crippen LogP contribution >= 0.6 is 11.6 Å². The van der Waals surface area contributed by atoms with Crippen molar-refractivity contribution < 1.29 is 4.74 Å². The van der Waals surface area contributed by atoms with Crippen LogP contribution in [0.5, 0.6) is 6.01 Å². The molecular formula is C10H12ClN5O. The number of hydrogen-bond donors (Lipinski definition) is 0. The van der Waals surface area contributed by atoms with Gasteiger partial charge in [0, 0.05) is 5.69 Å². The first-order valence-corrected chi connectivity index (χ1v) is 5.39. The molecule has 7 heteroatoms. The normalized spacial score (nSPS) is 10.6. The fraction of sp³-hybridized carbons (Fsp3) is 0.400. The smallest absolute Gasteiger partial charge is 0.322 e. The standard InChI is InChI=1S/C10H12ClN5O/c1-5-6(2)15-16(7(5)3)9-12-8(11)13-10(14-9)17-4/h1-4H3. The zero-order valence-electron chi connectivity index (χ0n) is 10.0. The number of aromatic nitrogens is 5. The fourth-order valence-corrected chi connectivity index (χ4v) is 1.57. The Morgan fingerprint density at radius 2 is 1.82 bits per heavy atom. The van der Waals surface area contributed by atoms with Crippen LogP contribution in [0.4, 0.5) is 0 Å². The van der Waals surface area contributed by atoms with Gasteiger partial charge in [0.1, 0.15) is 0 Å². The molecule has 0 saturated carbocycles. The summed E-state index contributed by atoms with van der Waals surface area (Å²) >= 11 is 5.79. The average Bonchev–Trinajstić information content (AvgIpc) is 2.56. The second-order valence-electron chi connectivity index (χ2n) is 3.60. The van der Waals surface area contributed by atoms with Crippen LogP contribution in [0.25, 0.3) is 5.95 Å². The van der Waals surface area contributed by atoms with E-state index in [1.54, 1.807) is 4.68 Å². The Hall–Kier alpha value is -1.69. The number of ether oxygens (including phenoxy) is 1. The van der Waals surface area contributed by atoms with Crippen LogP contribution in [0.1, 0.15) is 17.0 Å². The Morgan fingerprint density at radius 1 is 1.12 bits per heavy atom. The number of rotatable bonds is 2. The van der Waals surface area contributed by atoms with E-state index in [0.29, 0.717) is 5.95 Å². The molecule has 90 valence electrons. The van der Waals surface area contributed by atoms with Gasteiger partial charge in [-0.15, -0.1) is 0 Å². The van der Waals surface area contributed by atoms with Gasteiger partial charge in [0.15, 0.2) is 0 Å². The first-order chi connectivity index (χ1) is 8.02. The molecule has 0 atom stereocenters. The predicted octanol–water partition coefficient (Wildman–Crippen LogP) is 1.64. The molecule has 2 aromatic rings. The molecule has 0 N–H and O–H groups in total. The molecule has 0 radical (unpaired) electrons. The van der Waals surface area contributed by atoms with E-state index in [4.69, 9.17) is 16.3 Å². The Kier molecular flexibility index (Phi) is 2.97. The molecule has 0 aromatic carbocycles. The van der Waals surface area contributed by atoms with Crippen molar-refractivity contribution in [2.45, 2.75) is 20.8 Å². The number of methoxy groups -OCH3 is 1. The van der Waals surface area contributed by atoms with Crippen LogP contribution in [0.2, 0.25) is 5.28 Å². The van der Waals surface area contributed by atoms with Crippen molar-refractivity contribution >= 4 is 11.6 Å². The SMILES string of the molecule is COc1nc(Cl)nc(-n2nc(C)c(C)c2C)n1. The third-order valence-corrected chi connectivity index (χ3v) is 2.77. The summed E-state index contributed by atoms with van der Waals surface area (Å²) in [7, 11) is 1.47. The number of nitrogens with zero attached hydrogens (tertiary/aromatic N) is 5. The first-order valence-electron chi connectivity index (χ1n) is 5.01. The summed E-state index contributed by atoms with van der Waals surface area (Å²) in [4.78, 5) is 12.0. The van der Waals surface area contributed by atoms with Crippen LogP contribution in [0, 0.1) is 20.8 Å². The van der Waals surface area contributed by atoms with Crippen molar-refractivity contribution in [1.29, 1.82) is 0 Å². The Labute approximate surface area is 104 Å². The van der Waals surface area contributed by atoms with Gasteiger partial charge in [0.2, 0.25) is 5.28 Å². The lowest BCUT2D eigenvalue weighted by atomic mass is 10.2. The van der Waals surface area contributed by atoms with Gasteiger partial charge in [-0.25, -0.2) is 4.68 Å². The van der Waals surface area contributed by atoms with E-state index < -0.39 is 0 Å². The van der Waals surface area contributed by atoms with Crippen LogP contribution in [-0.4, -0.2) is 31.8 Å². The number of aryl methyl sites for hydroxylation is 1. The van der Waals surface area contributed by atoms with Gasteiger partial charge in [-0.3, -0.25) is 0 Å². The van der Waals surface area contributed by atoms with Gasteiger partial charge in [-0.1, -0.05) is 0 Å². The lowest BCUT2D eigenvalue weighted by molar-refractivity contribution is 0.376. The summed E-state index contributed by atoms with van der Waals surface area (Å²) < 4.78 is 6.57. The molecule has 0 spiro atoms. The highest BCUT2D eigenvalue weighted by atomic mass is 35.5. The van der Waals surface area contributed by atoms with Crippen LogP contribution < -0.4 is 4.74 Å². The molecule has 6 nitrogen and oxygen atoms in total. The van der Waals surface area contributed by atoms with E-state index in [2.05, 4.69) is 20.1 Å². The van der Waals surface area contributed by atoms with Crippen LogP contribution in [0.15, 0.2) is 0 Å². The van der Waals surface area contributed by atoms with Gasteiger partial charge >= 0.3 is 6.01 Å². The summed E-state index contributed by atoms with van der Waals surface area (Å²) in [5.41, 5.74) is 2.99. The minimum atomic E-state index is 0.0806. The van der Waals surface area contributed by atoms with Crippen LogP contribution in [-0.2, 0) is 0 Å². The van der Waals surface area contributed by atoms with Gasteiger partial charge < -0.3 is 4.74 Å². The molecule has 0 fully saturated rings. The summed E-state index contributed by atoms with van der Waals surface area (Å²) in [5.74, 6) is 0.357. The predicted molar refractivity (Wildman–Crippen MR) is 62.7 cm³/mol. The van der Waals surface area contributed by atoms with Crippen molar-refractivity contribution in [3.8, 4) is 12.0 Å². The molecule has 2 aromatic heterocycles. The zero-order valence-corrected chi connectivity index (χ0v) is 10.8. The third kappa shape index (κ3) is 2.08. The van der Waals surface area contributed by atoms with Gasteiger partial charge in [-0.05, 0) is 37.9 Å². The molecule has 0 aliphatic rings. The van der Waals surface area contributed by atoms with Crippen LogP contribution in [0.3, 0.4) is 0 Å². The minimum Gasteiger partial charge on any atom is -0.467 e. The van der Waals surface area contributed by atoms with Crippen molar-refractivity contribution in [3.05, 3.63) is 22.2 Å². The molecule has 2 rings (SSSR count). The summed E-state index contributed by atoms with van der Waals surface area (Å²) in [5, 5.41) is 4.43. The van der Waals surface area contributed by atoms with E-state index >= 15 is 0 Å². The van der Waals surface area contributed by atoms with E-state index in [1.807, 2.05) is 20.8 Å². The third-order valence-electron chi connectivity index (χ3n) is 2.60. The second-order valence-corrected chi connectivity index (χ2v) is 3.94. The van der Waals surface area contributed by atoms with Crippen molar-refractivity contribution in [2.75, 3.05) is 7.11 Å². The molecule has 0 amide bonds. The summed E-state index contributed by atoms with van der Waals surface area (Å²) in [6.07, 6.45) is 0. The summed E-state index contributed by atoms with van der Waals surface area (Å²) in [6, 6.07) is 0.171. The largest absolute Gasteiger partial charge is 0.467 e. The Bertz CT molecular complexity index is 566. The molecule has 17 heavy (non-hydrogen) atoms. The Morgan fingerprint density at radius 3 is 2.35 bits per heavy atom. The molecular weight excluding hydrogens is 242 g/mol. The lowest BCUT2D eigenvalue weighted by Gasteiger charge is -2.04. The maximum absolute atomic E-state index is 5.79.